The molecule has 1 unspecified atom stereocenters. The van der Waals surface area contributed by atoms with Gasteiger partial charge in [-0.25, -0.2) is 0 Å². The van der Waals surface area contributed by atoms with E-state index in [0.29, 0.717) is 6.10 Å². The molecule has 0 saturated carbocycles. The molecule has 8 heavy (non-hydrogen) atoms. The Morgan fingerprint density at radius 1 is 1.75 bits per heavy atom. The first-order valence-corrected chi connectivity index (χ1v) is 3.86. The zero-order chi connectivity index (χ0) is 5.82. The van der Waals surface area contributed by atoms with E-state index >= 15 is 0 Å². The third-order valence-electron chi connectivity index (χ3n) is 1.10. The minimum Gasteiger partial charge on any atom is -0.498 e. The molecule has 0 N–H and O–H groups in total. The number of hydrogen-bond donors (Lipinski definition) is 0. The highest BCUT2D eigenvalue weighted by Crippen LogP contribution is 2.12. The van der Waals surface area contributed by atoms with Gasteiger partial charge in [-0.1, -0.05) is 0 Å². The van der Waals surface area contributed by atoms with Crippen LogP contribution in [0.5, 0.6) is 0 Å². The molecule has 46 valence electrons. The van der Waals surface area contributed by atoms with Gasteiger partial charge in [-0.3, -0.25) is 0 Å². The molecule has 2 heteroatoms. The van der Waals surface area contributed by atoms with E-state index in [2.05, 4.69) is 6.92 Å². The molecule has 0 aliphatic carbocycles. The first-order chi connectivity index (χ1) is 3.89. The highest BCUT2D eigenvalue weighted by molar-refractivity contribution is 8.02. The Labute approximate surface area is 54.1 Å². The number of rotatable bonds is 0. The normalized spacial score (nSPS) is 28.9. The Bertz CT molecular complexity index is 90.5. The van der Waals surface area contributed by atoms with Crippen molar-refractivity contribution in [3.05, 3.63) is 11.7 Å². The molecule has 0 saturated heterocycles. The van der Waals surface area contributed by atoms with E-state index in [-0.39, 0.29) is 0 Å². The molecule has 0 aromatic heterocycles. The Kier molecular flexibility index (Phi) is 2.27. The molecule has 0 spiro atoms. The lowest BCUT2D eigenvalue weighted by atomic mass is 10.3. The molecule has 0 bridgehead atoms. The molecule has 1 atom stereocenters. The predicted molar refractivity (Wildman–Crippen MR) is 36.8 cm³/mol. The summed E-state index contributed by atoms with van der Waals surface area (Å²) < 4.78 is 5.20. The SMILES string of the molecule is CC1CCSC=CO1. The van der Waals surface area contributed by atoms with Crippen LogP contribution < -0.4 is 0 Å². The summed E-state index contributed by atoms with van der Waals surface area (Å²) in [5.41, 5.74) is 0. The summed E-state index contributed by atoms with van der Waals surface area (Å²) in [4.78, 5) is 0. The van der Waals surface area contributed by atoms with Crippen molar-refractivity contribution in [3.63, 3.8) is 0 Å². The van der Waals surface area contributed by atoms with Crippen LogP contribution >= 0.6 is 11.8 Å². The first-order valence-electron chi connectivity index (χ1n) is 2.81. The second kappa shape index (κ2) is 3.02. The molecular weight excluding hydrogens is 120 g/mol. The van der Waals surface area contributed by atoms with Crippen molar-refractivity contribution in [1.82, 2.24) is 0 Å². The summed E-state index contributed by atoms with van der Waals surface area (Å²) in [6.45, 7) is 2.09. The maximum atomic E-state index is 5.20. The van der Waals surface area contributed by atoms with Gasteiger partial charge in [0.1, 0.15) is 0 Å². The fourth-order valence-electron chi connectivity index (χ4n) is 0.576. The van der Waals surface area contributed by atoms with E-state index in [1.54, 1.807) is 6.26 Å². The Balaban J connectivity index is 2.30. The monoisotopic (exact) mass is 130 g/mol. The van der Waals surface area contributed by atoms with Crippen LogP contribution in [0.3, 0.4) is 0 Å². The van der Waals surface area contributed by atoms with Crippen molar-refractivity contribution < 1.29 is 4.74 Å². The summed E-state index contributed by atoms with van der Waals surface area (Å²) in [7, 11) is 0. The first kappa shape index (κ1) is 6.02. The minimum atomic E-state index is 0.418. The van der Waals surface area contributed by atoms with E-state index in [1.165, 1.54) is 5.75 Å². The van der Waals surface area contributed by atoms with Crippen molar-refractivity contribution >= 4 is 11.8 Å². The lowest BCUT2D eigenvalue weighted by molar-refractivity contribution is 0.161. The summed E-state index contributed by atoms with van der Waals surface area (Å²) in [5, 5.41) is 2.00. The average Bonchev–Trinajstić information content (AvgIpc) is 1.94. The van der Waals surface area contributed by atoms with Crippen molar-refractivity contribution in [3.8, 4) is 0 Å². The van der Waals surface area contributed by atoms with Gasteiger partial charge in [0.15, 0.2) is 0 Å². The predicted octanol–water partition coefficient (Wildman–Crippen LogP) is 2.00. The van der Waals surface area contributed by atoms with Gasteiger partial charge >= 0.3 is 0 Å². The maximum Gasteiger partial charge on any atom is 0.0958 e. The lowest BCUT2D eigenvalue weighted by Crippen LogP contribution is -2.02. The quantitative estimate of drug-likeness (QED) is 0.496. The van der Waals surface area contributed by atoms with E-state index in [4.69, 9.17) is 4.74 Å². The van der Waals surface area contributed by atoms with E-state index in [1.807, 2.05) is 17.2 Å². The van der Waals surface area contributed by atoms with E-state index in [0.717, 1.165) is 6.42 Å². The van der Waals surface area contributed by atoms with Gasteiger partial charge in [-0.15, -0.1) is 11.8 Å². The standard InChI is InChI=1S/C6H10OS/c1-6-2-4-8-5-3-7-6/h3,5-6H,2,4H2,1H3. The van der Waals surface area contributed by atoms with Crippen molar-refractivity contribution in [2.24, 2.45) is 0 Å². The Hall–Kier alpha value is -0.110. The molecule has 0 aromatic rings. The summed E-state index contributed by atoms with van der Waals surface area (Å²) in [5.74, 6) is 1.19. The third-order valence-corrected chi connectivity index (χ3v) is 1.88. The van der Waals surface area contributed by atoms with Crippen LogP contribution in [0.4, 0.5) is 0 Å². The molecule has 1 rings (SSSR count). The molecule has 1 nitrogen and oxygen atoms in total. The van der Waals surface area contributed by atoms with Gasteiger partial charge in [0.25, 0.3) is 0 Å². The summed E-state index contributed by atoms with van der Waals surface area (Å²) in [6.07, 6.45) is 3.36. The van der Waals surface area contributed by atoms with Crippen LogP contribution in [-0.4, -0.2) is 11.9 Å². The van der Waals surface area contributed by atoms with E-state index < -0.39 is 0 Å². The number of thioether (sulfide) groups is 1. The molecule has 1 aliphatic heterocycles. The summed E-state index contributed by atoms with van der Waals surface area (Å²) >= 11 is 1.81. The van der Waals surface area contributed by atoms with Crippen LogP contribution in [0.1, 0.15) is 13.3 Å². The fraction of sp³-hybridized carbons (Fsp3) is 0.667. The average molecular weight is 130 g/mol. The van der Waals surface area contributed by atoms with Crippen molar-refractivity contribution in [2.45, 2.75) is 19.4 Å². The highest BCUT2D eigenvalue weighted by Gasteiger charge is 2.01. The largest absolute Gasteiger partial charge is 0.498 e. The zero-order valence-corrected chi connectivity index (χ0v) is 5.78. The fourth-order valence-corrected chi connectivity index (χ4v) is 1.32. The third kappa shape index (κ3) is 1.78. The van der Waals surface area contributed by atoms with Crippen LogP contribution in [0.15, 0.2) is 11.7 Å². The molecule has 0 aromatic carbocycles. The smallest absolute Gasteiger partial charge is 0.0958 e. The van der Waals surface area contributed by atoms with Gasteiger partial charge in [-0.2, -0.15) is 0 Å². The van der Waals surface area contributed by atoms with Gasteiger partial charge in [0, 0.05) is 11.2 Å². The van der Waals surface area contributed by atoms with E-state index in [9.17, 15) is 0 Å². The molecule has 0 radical (unpaired) electrons. The van der Waals surface area contributed by atoms with Crippen molar-refractivity contribution in [1.29, 1.82) is 0 Å². The Morgan fingerprint density at radius 2 is 2.62 bits per heavy atom. The van der Waals surface area contributed by atoms with Gasteiger partial charge in [-0.05, 0) is 13.3 Å². The summed E-state index contributed by atoms with van der Waals surface area (Å²) in [6, 6.07) is 0. The zero-order valence-electron chi connectivity index (χ0n) is 4.96. The second-order valence-corrected chi connectivity index (χ2v) is 2.89. The van der Waals surface area contributed by atoms with Crippen LogP contribution in [-0.2, 0) is 4.74 Å². The molecule has 0 fully saturated rings. The topological polar surface area (TPSA) is 9.23 Å². The number of ether oxygens (including phenoxy) is 1. The van der Waals surface area contributed by atoms with Gasteiger partial charge in [0.05, 0.1) is 12.4 Å². The lowest BCUT2D eigenvalue weighted by Gasteiger charge is -2.05. The van der Waals surface area contributed by atoms with Crippen LogP contribution in [0, 0.1) is 0 Å². The van der Waals surface area contributed by atoms with Crippen LogP contribution in [0.2, 0.25) is 0 Å². The second-order valence-electron chi connectivity index (χ2n) is 1.88. The highest BCUT2D eigenvalue weighted by atomic mass is 32.2. The van der Waals surface area contributed by atoms with Gasteiger partial charge < -0.3 is 4.74 Å². The molecule has 1 aliphatic rings. The van der Waals surface area contributed by atoms with Gasteiger partial charge in [0.2, 0.25) is 0 Å². The Morgan fingerprint density at radius 3 is 3.50 bits per heavy atom. The number of hydrogen-bond acceptors (Lipinski definition) is 2. The molecule has 1 heterocycles. The molecular formula is C6H10OS. The minimum absolute atomic E-state index is 0.418. The van der Waals surface area contributed by atoms with Crippen LogP contribution in [0.25, 0.3) is 0 Å². The molecule has 0 amide bonds. The van der Waals surface area contributed by atoms with Crippen molar-refractivity contribution in [2.75, 3.05) is 5.75 Å². The maximum absolute atomic E-state index is 5.20.